The maximum atomic E-state index is 11.1. The molecular formula is C16H11BrN2O2. The predicted molar refractivity (Wildman–Crippen MR) is 85.2 cm³/mol. The van der Waals surface area contributed by atoms with Gasteiger partial charge in [0.15, 0.2) is 0 Å². The molecule has 0 fully saturated rings. The second-order valence-electron chi connectivity index (χ2n) is 4.46. The Labute approximate surface area is 129 Å². The van der Waals surface area contributed by atoms with Crippen LogP contribution in [-0.2, 0) is 4.79 Å². The van der Waals surface area contributed by atoms with Crippen LogP contribution in [0.5, 0.6) is 0 Å². The molecule has 2 heterocycles. The van der Waals surface area contributed by atoms with Crippen molar-refractivity contribution < 1.29 is 9.90 Å². The molecule has 0 atom stereocenters. The number of pyridine rings is 1. The van der Waals surface area contributed by atoms with Gasteiger partial charge in [0.1, 0.15) is 10.2 Å². The number of carboxylic acids is 1. The standard InChI is InChI=1S/C16H11BrN2O2/c17-13(16(20)21)10-12-14-8-4-5-9-19(14)18-15(12)11-6-2-1-3-7-11/h1-10H,(H,20,21). The second-order valence-corrected chi connectivity index (χ2v) is 5.31. The molecule has 0 aliphatic rings. The maximum Gasteiger partial charge on any atom is 0.342 e. The van der Waals surface area contributed by atoms with E-state index in [1.54, 1.807) is 10.6 Å². The topological polar surface area (TPSA) is 54.6 Å². The van der Waals surface area contributed by atoms with Crippen LogP contribution in [0.3, 0.4) is 0 Å². The lowest BCUT2D eigenvalue weighted by molar-refractivity contribution is -0.131. The van der Waals surface area contributed by atoms with E-state index < -0.39 is 5.97 Å². The van der Waals surface area contributed by atoms with Crippen LogP contribution in [0.15, 0.2) is 59.2 Å². The third kappa shape index (κ3) is 2.60. The van der Waals surface area contributed by atoms with E-state index in [2.05, 4.69) is 21.0 Å². The van der Waals surface area contributed by atoms with Gasteiger partial charge in [-0.1, -0.05) is 36.4 Å². The van der Waals surface area contributed by atoms with Crippen LogP contribution in [0.1, 0.15) is 5.56 Å². The van der Waals surface area contributed by atoms with Crippen molar-refractivity contribution in [1.29, 1.82) is 0 Å². The van der Waals surface area contributed by atoms with Gasteiger partial charge in [-0.25, -0.2) is 9.31 Å². The van der Waals surface area contributed by atoms with E-state index in [0.29, 0.717) is 0 Å². The summed E-state index contributed by atoms with van der Waals surface area (Å²) in [5.41, 5.74) is 3.32. The summed E-state index contributed by atoms with van der Waals surface area (Å²) in [5, 5.41) is 13.6. The number of aromatic nitrogens is 2. The third-order valence-electron chi connectivity index (χ3n) is 3.10. The molecule has 0 saturated heterocycles. The fourth-order valence-corrected chi connectivity index (χ4v) is 2.39. The van der Waals surface area contributed by atoms with E-state index in [1.807, 2.05) is 54.7 Å². The molecule has 3 rings (SSSR count). The Bertz CT molecular complexity index is 838. The number of nitrogens with zero attached hydrogens (tertiary/aromatic N) is 2. The molecule has 1 N–H and O–H groups in total. The lowest BCUT2D eigenvalue weighted by atomic mass is 10.1. The van der Waals surface area contributed by atoms with Crippen LogP contribution in [0, 0.1) is 0 Å². The van der Waals surface area contributed by atoms with Crippen molar-refractivity contribution in [2.24, 2.45) is 0 Å². The summed E-state index contributed by atoms with van der Waals surface area (Å²) < 4.78 is 1.84. The highest BCUT2D eigenvalue weighted by molar-refractivity contribution is 9.12. The summed E-state index contributed by atoms with van der Waals surface area (Å²) in [7, 11) is 0. The summed E-state index contributed by atoms with van der Waals surface area (Å²) in [5.74, 6) is -1.01. The minimum absolute atomic E-state index is 0.0958. The van der Waals surface area contributed by atoms with E-state index in [9.17, 15) is 4.79 Å². The molecule has 5 heteroatoms. The quantitative estimate of drug-likeness (QED) is 0.736. The Morgan fingerprint density at radius 3 is 2.57 bits per heavy atom. The first-order valence-electron chi connectivity index (χ1n) is 6.30. The van der Waals surface area contributed by atoms with E-state index in [1.165, 1.54) is 0 Å². The number of halogens is 1. The number of fused-ring (bicyclic) bond motifs is 1. The first kappa shape index (κ1) is 13.6. The van der Waals surface area contributed by atoms with E-state index in [-0.39, 0.29) is 4.48 Å². The normalized spacial score (nSPS) is 11.8. The monoisotopic (exact) mass is 342 g/mol. The fraction of sp³-hybridized carbons (Fsp3) is 0. The number of aliphatic carboxylic acids is 1. The van der Waals surface area contributed by atoms with Gasteiger partial charge in [0.25, 0.3) is 0 Å². The summed E-state index contributed by atoms with van der Waals surface area (Å²) in [4.78, 5) is 11.1. The van der Waals surface area contributed by atoms with Gasteiger partial charge in [0, 0.05) is 17.3 Å². The van der Waals surface area contributed by atoms with Crippen molar-refractivity contribution in [3.63, 3.8) is 0 Å². The Balaban J connectivity index is 2.29. The average Bonchev–Trinajstić information content (AvgIpc) is 2.87. The molecule has 4 nitrogen and oxygen atoms in total. The number of hydrogen-bond donors (Lipinski definition) is 1. The highest BCUT2D eigenvalue weighted by Crippen LogP contribution is 2.29. The molecule has 0 radical (unpaired) electrons. The van der Waals surface area contributed by atoms with Crippen molar-refractivity contribution in [2.75, 3.05) is 0 Å². The van der Waals surface area contributed by atoms with Gasteiger partial charge < -0.3 is 5.11 Å². The zero-order chi connectivity index (χ0) is 14.8. The zero-order valence-electron chi connectivity index (χ0n) is 10.9. The van der Waals surface area contributed by atoms with Crippen LogP contribution in [0.4, 0.5) is 0 Å². The predicted octanol–water partition coefficient (Wildman–Crippen LogP) is 3.82. The Kier molecular flexibility index (Phi) is 3.58. The van der Waals surface area contributed by atoms with Crippen molar-refractivity contribution in [1.82, 2.24) is 9.61 Å². The summed E-state index contributed by atoms with van der Waals surface area (Å²) in [6, 6.07) is 15.4. The lowest BCUT2D eigenvalue weighted by Gasteiger charge is -1.99. The molecule has 2 aromatic heterocycles. The first-order chi connectivity index (χ1) is 10.2. The average molecular weight is 343 g/mol. The smallest absolute Gasteiger partial charge is 0.342 e. The fourth-order valence-electron chi connectivity index (χ4n) is 2.16. The van der Waals surface area contributed by atoms with Crippen LogP contribution in [-0.4, -0.2) is 20.7 Å². The van der Waals surface area contributed by atoms with Crippen LogP contribution < -0.4 is 0 Å². The van der Waals surface area contributed by atoms with Crippen molar-refractivity contribution in [3.05, 3.63) is 64.8 Å². The molecule has 21 heavy (non-hydrogen) atoms. The third-order valence-corrected chi connectivity index (χ3v) is 3.67. The highest BCUT2D eigenvalue weighted by Gasteiger charge is 2.14. The second kappa shape index (κ2) is 5.54. The Morgan fingerprint density at radius 2 is 1.86 bits per heavy atom. The van der Waals surface area contributed by atoms with Crippen LogP contribution in [0.2, 0.25) is 0 Å². The molecular weight excluding hydrogens is 332 g/mol. The Hall–Kier alpha value is -2.40. The minimum atomic E-state index is -1.01. The van der Waals surface area contributed by atoms with Crippen LogP contribution >= 0.6 is 15.9 Å². The molecule has 0 spiro atoms. The SMILES string of the molecule is O=C(O)C(Br)=Cc1c(-c2ccccc2)nn2ccccc12. The molecule has 0 bridgehead atoms. The zero-order valence-corrected chi connectivity index (χ0v) is 12.5. The van der Waals surface area contributed by atoms with E-state index >= 15 is 0 Å². The molecule has 3 aromatic rings. The molecule has 0 unspecified atom stereocenters. The number of hydrogen-bond acceptors (Lipinski definition) is 2. The Morgan fingerprint density at radius 1 is 1.14 bits per heavy atom. The molecule has 104 valence electrons. The van der Waals surface area contributed by atoms with Gasteiger partial charge >= 0.3 is 5.97 Å². The van der Waals surface area contributed by atoms with Gasteiger partial charge in [0.05, 0.1) is 5.52 Å². The van der Waals surface area contributed by atoms with Crippen LogP contribution in [0.25, 0.3) is 22.9 Å². The van der Waals surface area contributed by atoms with Crippen molar-refractivity contribution in [3.8, 4) is 11.3 Å². The summed E-state index contributed by atoms with van der Waals surface area (Å²) >= 11 is 3.08. The molecule has 0 amide bonds. The van der Waals surface area contributed by atoms with Gasteiger partial charge in [-0.05, 0) is 34.1 Å². The van der Waals surface area contributed by atoms with E-state index in [0.717, 1.165) is 22.3 Å². The number of carboxylic acid groups (broad SMARTS) is 1. The first-order valence-corrected chi connectivity index (χ1v) is 7.09. The van der Waals surface area contributed by atoms with Gasteiger partial charge in [-0.3, -0.25) is 0 Å². The molecule has 1 aromatic carbocycles. The molecule has 0 aliphatic heterocycles. The van der Waals surface area contributed by atoms with Gasteiger partial charge in [0.2, 0.25) is 0 Å². The summed E-state index contributed by atoms with van der Waals surface area (Å²) in [6.45, 7) is 0. The number of benzene rings is 1. The van der Waals surface area contributed by atoms with E-state index in [4.69, 9.17) is 5.11 Å². The molecule has 0 aliphatic carbocycles. The molecule has 0 saturated carbocycles. The lowest BCUT2D eigenvalue weighted by Crippen LogP contribution is -1.93. The van der Waals surface area contributed by atoms with Crippen molar-refractivity contribution >= 4 is 33.5 Å². The summed E-state index contributed by atoms with van der Waals surface area (Å²) in [6.07, 6.45) is 3.43. The van der Waals surface area contributed by atoms with Gasteiger partial charge in [-0.2, -0.15) is 5.10 Å². The number of carbonyl (C=O) groups is 1. The maximum absolute atomic E-state index is 11.1. The highest BCUT2D eigenvalue weighted by atomic mass is 79.9. The number of rotatable bonds is 3. The van der Waals surface area contributed by atoms with Gasteiger partial charge in [-0.15, -0.1) is 0 Å². The van der Waals surface area contributed by atoms with Crippen molar-refractivity contribution in [2.45, 2.75) is 0 Å². The largest absolute Gasteiger partial charge is 0.477 e. The minimum Gasteiger partial charge on any atom is -0.477 e.